The lowest BCUT2D eigenvalue weighted by Crippen LogP contribution is -2.45. The third kappa shape index (κ3) is 2.71. The molecule has 2 saturated heterocycles. The molecule has 3 rings (SSSR count). The monoisotopic (exact) mass is 248 g/mol. The lowest BCUT2D eigenvalue weighted by atomic mass is 9.90. The summed E-state index contributed by atoms with van der Waals surface area (Å²) in [7, 11) is 0. The third-order valence-electron chi connectivity index (χ3n) is 3.80. The molecule has 18 heavy (non-hydrogen) atoms. The number of nitrogens with zero attached hydrogens (tertiary/aromatic N) is 1. The van der Waals surface area contributed by atoms with E-state index in [2.05, 4.69) is 10.3 Å². The summed E-state index contributed by atoms with van der Waals surface area (Å²) in [6, 6.07) is 5.90. The van der Waals surface area contributed by atoms with Crippen LogP contribution in [0.4, 0.5) is 0 Å². The van der Waals surface area contributed by atoms with E-state index in [0.717, 1.165) is 31.6 Å². The zero-order valence-corrected chi connectivity index (χ0v) is 10.6. The van der Waals surface area contributed by atoms with Gasteiger partial charge in [-0.05, 0) is 31.5 Å². The Bertz CT molecular complexity index is 377. The predicted octanol–water partition coefficient (Wildman–Crippen LogP) is 1.51. The van der Waals surface area contributed by atoms with Crippen LogP contribution in [0.5, 0.6) is 0 Å². The van der Waals surface area contributed by atoms with Crippen LogP contribution in [0.1, 0.15) is 25.0 Å². The van der Waals surface area contributed by atoms with E-state index in [1.54, 1.807) is 6.20 Å². The Kier molecular flexibility index (Phi) is 3.59. The van der Waals surface area contributed by atoms with Crippen molar-refractivity contribution in [3.63, 3.8) is 0 Å². The highest BCUT2D eigenvalue weighted by Gasteiger charge is 2.41. The minimum atomic E-state index is 0.0348. The average Bonchev–Trinajstić information content (AvgIpc) is 2.82. The van der Waals surface area contributed by atoms with Crippen molar-refractivity contribution < 1.29 is 9.47 Å². The molecule has 1 aromatic rings. The molecule has 4 heteroatoms. The molecule has 2 aliphatic heterocycles. The van der Waals surface area contributed by atoms with Gasteiger partial charge in [0.25, 0.3) is 0 Å². The second-order valence-electron chi connectivity index (χ2n) is 5.23. The van der Waals surface area contributed by atoms with E-state index in [9.17, 15) is 0 Å². The van der Waals surface area contributed by atoms with E-state index in [1.165, 1.54) is 6.42 Å². The van der Waals surface area contributed by atoms with Crippen molar-refractivity contribution in [1.29, 1.82) is 0 Å². The molecule has 0 saturated carbocycles. The van der Waals surface area contributed by atoms with Crippen molar-refractivity contribution >= 4 is 0 Å². The summed E-state index contributed by atoms with van der Waals surface area (Å²) < 4.78 is 11.9. The van der Waals surface area contributed by atoms with Gasteiger partial charge in [0.2, 0.25) is 0 Å². The quantitative estimate of drug-likeness (QED) is 0.880. The first-order chi connectivity index (χ1) is 8.86. The molecule has 1 N–H and O–H groups in total. The van der Waals surface area contributed by atoms with Crippen LogP contribution in [-0.2, 0) is 16.1 Å². The van der Waals surface area contributed by atoms with Crippen LogP contribution in [0, 0.1) is 0 Å². The summed E-state index contributed by atoms with van der Waals surface area (Å²) in [4.78, 5) is 4.27. The molecule has 98 valence electrons. The van der Waals surface area contributed by atoms with Gasteiger partial charge >= 0.3 is 0 Å². The fourth-order valence-corrected chi connectivity index (χ4v) is 2.83. The molecule has 2 atom stereocenters. The van der Waals surface area contributed by atoms with Crippen LogP contribution >= 0.6 is 0 Å². The number of rotatable bonds is 3. The topological polar surface area (TPSA) is 43.4 Å². The molecule has 2 fully saturated rings. The van der Waals surface area contributed by atoms with Gasteiger partial charge in [-0.25, -0.2) is 0 Å². The molecule has 0 radical (unpaired) electrons. The highest BCUT2D eigenvalue weighted by Crippen LogP contribution is 2.33. The Labute approximate surface area is 108 Å². The number of hydrogen-bond donors (Lipinski definition) is 1. The summed E-state index contributed by atoms with van der Waals surface area (Å²) in [5, 5.41) is 3.42. The van der Waals surface area contributed by atoms with E-state index in [4.69, 9.17) is 9.47 Å². The molecule has 4 nitrogen and oxygen atoms in total. The van der Waals surface area contributed by atoms with E-state index >= 15 is 0 Å². The minimum Gasteiger partial charge on any atom is -0.371 e. The van der Waals surface area contributed by atoms with Crippen LogP contribution in [0.3, 0.4) is 0 Å². The Morgan fingerprint density at radius 1 is 1.50 bits per heavy atom. The summed E-state index contributed by atoms with van der Waals surface area (Å²) in [5.41, 5.74) is 1.02. The average molecular weight is 248 g/mol. The SMILES string of the molecule is c1ccc(CO[C@@H]2CO[C@]3(CCCNC3)C2)nc1. The minimum absolute atomic E-state index is 0.0348. The predicted molar refractivity (Wildman–Crippen MR) is 68.2 cm³/mol. The smallest absolute Gasteiger partial charge is 0.0892 e. The van der Waals surface area contributed by atoms with Crippen molar-refractivity contribution in [3.05, 3.63) is 30.1 Å². The van der Waals surface area contributed by atoms with Crippen molar-refractivity contribution in [2.45, 2.75) is 37.6 Å². The summed E-state index contributed by atoms with van der Waals surface area (Å²) in [6.45, 7) is 3.38. The maximum Gasteiger partial charge on any atom is 0.0892 e. The van der Waals surface area contributed by atoms with Crippen molar-refractivity contribution in [2.24, 2.45) is 0 Å². The fourth-order valence-electron chi connectivity index (χ4n) is 2.83. The van der Waals surface area contributed by atoms with Gasteiger partial charge in [0.1, 0.15) is 0 Å². The highest BCUT2D eigenvalue weighted by molar-refractivity contribution is 5.02. The zero-order valence-electron chi connectivity index (χ0n) is 10.6. The normalized spacial score (nSPS) is 31.9. The number of piperidine rings is 1. The third-order valence-corrected chi connectivity index (χ3v) is 3.80. The molecule has 0 bridgehead atoms. The van der Waals surface area contributed by atoms with Crippen LogP contribution < -0.4 is 5.32 Å². The van der Waals surface area contributed by atoms with Gasteiger partial charge in [-0.15, -0.1) is 0 Å². The van der Waals surface area contributed by atoms with E-state index in [1.807, 2.05) is 18.2 Å². The molecule has 0 aliphatic carbocycles. The summed E-state index contributed by atoms with van der Waals surface area (Å²) >= 11 is 0. The van der Waals surface area contributed by atoms with Crippen LogP contribution in [0.25, 0.3) is 0 Å². The summed E-state index contributed by atoms with van der Waals surface area (Å²) in [6.07, 6.45) is 5.38. The fraction of sp³-hybridized carbons (Fsp3) is 0.643. The maximum atomic E-state index is 5.97. The lowest BCUT2D eigenvalue weighted by Gasteiger charge is -2.32. The summed E-state index contributed by atoms with van der Waals surface area (Å²) in [5.74, 6) is 0. The van der Waals surface area contributed by atoms with E-state index in [0.29, 0.717) is 13.2 Å². The molecular weight excluding hydrogens is 228 g/mol. The number of pyridine rings is 1. The molecule has 1 aromatic heterocycles. The Morgan fingerprint density at radius 3 is 3.28 bits per heavy atom. The molecule has 2 aliphatic rings. The maximum absolute atomic E-state index is 5.97. The number of nitrogens with one attached hydrogen (secondary N) is 1. The first kappa shape index (κ1) is 12.1. The van der Waals surface area contributed by atoms with Gasteiger partial charge in [-0.1, -0.05) is 6.07 Å². The van der Waals surface area contributed by atoms with Crippen LogP contribution in [0.15, 0.2) is 24.4 Å². The molecule has 1 spiro atoms. The molecular formula is C14H20N2O2. The van der Waals surface area contributed by atoms with Gasteiger partial charge < -0.3 is 14.8 Å². The van der Waals surface area contributed by atoms with Crippen molar-refractivity contribution in [1.82, 2.24) is 10.3 Å². The van der Waals surface area contributed by atoms with Gasteiger partial charge in [-0.3, -0.25) is 4.98 Å². The number of ether oxygens (including phenoxy) is 2. The Hall–Kier alpha value is -0.970. The van der Waals surface area contributed by atoms with Gasteiger partial charge in [0.05, 0.1) is 30.6 Å². The molecule has 0 aromatic carbocycles. The standard InChI is InChI=1S/C14H20N2O2/c1-2-7-16-12(4-1)9-17-13-8-14(18-10-13)5-3-6-15-11-14/h1-2,4,7,13,15H,3,5-6,8-11H2/t13-,14+/m0/s1. The molecule has 0 unspecified atom stereocenters. The first-order valence-electron chi connectivity index (χ1n) is 6.73. The first-order valence-corrected chi connectivity index (χ1v) is 6.73. The van der Waals surface area contributed by atoms with E-state index < -0.39 is 0 Å². The molecule has 3 heterocycles. The van der Waals surface area contributed by atoms with Crippen molar-refractivity contribution in [2.75, 3.05) is 19.7 Å². The number of aromatic nitrogens is 1. The lowest BCUT2D eigenvalue weighted by molar-refractivity contribution is -0.0196. The second-order valence-corrected chi connectivity index (χ2v) is 5.23. The Balaban J connectivity index is 1.50. The van der Waals surface area contributed by atoms with Gasteiger partial charge in [0, 0.05) is 19.2 Å². The van der Waals surface area contributed by atoms with Gasteiger partial charge in [0.15, 0.2) is 0 Å². The second kappa shape index (κ2) is 5.34. The highest BCUT2D eigenvalue weighted by atomic mass is 16.6. The largest absolute Gasteiger partial charge is 0.371 e. The van der Waals surface area contributed by atoms with E-state index in [-0.39, 0.29) is 11.7 Å². The van der Waals surface area contributed by atoms with Crippen LogP contribution in [-0.4, -0.2) is 36.4 Å². The molecule has 0 amide bonds. The van der Waals surface area contributed by atoms with Crippen molar-refractivity contribution in [3.8, 4) is 0 Å². The Morgan fingerprint density at radius 2 is 2.50 bits per heavy atom. The van der Waals surface area contributed by atoms with Crippen LogP contribution in [0.2, 0.25) is 0 Å². The van der Waals surface area contributed by atoms with Gasteiger partial charge in [-0.2, -0.15) is 0 Å². The zero-order chi connectivity index (χ0) is 12.3. The number of hydrogen-bond acceptors (Lipinski definition) is 4.